The Morgan fingerprint density at radius 2 is 1.56 bits per heavy atom. The van der Waals surface area contributed by atoms with E-state index in [-0.39, 0.29) is 11.2 Å². The molecule has 0 aliphatic rings. The Hall–Kier alpha value is -1.34. The molecule has 0 aliphatic heterocycles. The van der Waals surface area contributed by atoms with Crippen molar-refractivity contribution in [3.63, 3.8) is 0 Å². The highest BCUT2D eigenvalue weighted by Crippen LogP contribution is 2.26. The summed E-state index contributed by atoms with van der Waals surface area (Å²) in [5.74, 6) is -0.238. The van der Waals surface area contributed by atoms with Crippen LogP contribution in [0.2, 0.25) is 0 Å². The molecule has 1 atom stereocenters. The van der Waals surface area contributed by atoms with Crippen molar-refractivity contribution in [3.05, 3.63) is 71.5 Å². The first-order valence-electron chi connectivity index (χ1n) is 5.20. The molecule has 0 N–H and O–H groups in total. The van der Waals surface area contributed by atoms with E-state index in [0.29, 0.717) is 12.0 Å². The van der Waals surface area contributed by atoms with Crippen LogP contribution in [0.1, 0.15) is 16.5 Å². The van der Waals surface area contributed by atoms with Crippen molar-refractivity contribution in [1.82, 2.24) is 0 Å². The fourth-order valence-corrected chi connectivity index (χ4v) is 2.02. The van der Waals surface area contributed by atoms with E-state index in [1.54, 1.807) is 18.2 Å². The second-order valence-corrected chi connectivity index (χ2v) is 4.21. The van der Waals surface area contributed by atoms with Gasteiger partial charge in [0.1, 0.15) is 5.82 Å². The molecule has 0 heterocycles. The van der Waals surface area contributed by atoms with Crippen molar-refractivity contribution < 1.29 is 4.39 Å². The minimum Gasteiger partial charge on any atom is -0.207 e. The molecule has 16 heavy (non-hydrogen) atoms. The molecule has 82 valence electrons. The van der Waals surface area contributed by atoms with Crippen molar-refractivity contribution in [2.24, 2.45) is 0 Å². The molecule has 2 rings (SSSR count). The number of alkyl halides is 1. The zero-order valence-electron chi connectivity index (χ0n) is 8.74. The van der Waals surface area contributed by atoms with Crippen molar-refractivity contribution in [2.45, 2.75) is 11.8 Å². The van der Waals surface area contributed by atoms with E-state index < -0.39 is 0 Å². The van der Waals surface area contributed by atoms with Crippen LogP contribution in [0.15, 0.2) is 54.6 Å². The monoisotopic (exact) mass is 234 g/mol. The summed E-state index contributed by atoms with van der Waals surface area (Å²) in [5, 5.41) is -0.316. The molecule has 0 radical (unpaired) electrons. The SMILES string of the molecule is Fc1ccccc1C(Cl)Cc1ccccc1. The summed E-state index contributed by atoms with van der Waals surface area (Å²) < 4.78 is 13.5. The lowest BCUT2D eigenvalue weighted by molar-refractivity contribution is 0.606. The summed E-state index contributed by atoms with van der Waals surface area (Å²) in [5.41, 5.74) is 1.68. The fraction of sp³-hybridized carbons (Fsp3) is 0.143. The molecule has 2 heteroatoms. The van der Waals surface area contributed by atoms with E-state index in [1.807, 2.05) is 30.3 Å². The zero-order valence-corrected chi connectivity index (χ0v) is 9.49. The lowest BCUT2D eigenvalue weighted by Gasteiger charge is -2.10. The summed E-state index contributed by atoms with van der Waals surface area (Å²) in [6.45, 7) is 0. The van der Waals surface area contributed by atoms with Gasteiger partial charge in [-0.05, 0) is 18.1 Å². The lowest BCUT2D eigenvalue weighted by Crippen LogP contribution is -1.98. The quantitative estimate of drug-likeness (QED) is 0.693. The summed E-state index contributed by atoms with van der Waals surface area (Å²) in [7, 11) is 0. The second kappa shape index (κ2) is 5.13. The highest BCUT2D eigenvalue weighted by molar-refractivity contribution is 6.20. The van der Waals surface area contributed by atoms with Gasteiger partial charge in [0.2, 0.25) is 0 Å². The maximum Gasteiger partial charge on any atom is 0.127 e. The van der Waals surface area contributed by atoms with Crippen molar-refractivity contribution in [1.29, 1.82) is 0 Å². The third kappa shape index (κ3) is 2.61. The van der Waals surface area contributed by atoms with Gasteiger partial charge in [0.15, 0.2) is 0 Å². The van der Waals surface area contributed by atoms with Gasteiger partial charge in [-0.25, -0.2) is 4.39 Å². The molecule has 1 unspecified atom stereocenters. The molecule has 2 aromatic rings. The van der Waals surface area contributed by atoms with Crippen LogP contribution in [-0.4, -0.2) is 0 Å². The number of halogens is 2. The smallest absolute Gasteiger partial charge is 0.127 e. The normalized spacial score (nSPS) is 12.4. The Kier molecular flexibility index (Phi) is 3.58. The van der Waals surface area contributed by atoms with Gasteiger partial charge in [-0.3, -0.25) is 0 Å². The van der Waals surface area contributed by atoms with Crippen LogP contribution >= 0.6 is 11.6 Å². The average molecular weight is 235 g/mol. The topological polar surface area (TPSA) is 0 Å². The molecular formula is C14H12ClF. The molecule has 0 spiro atoms. The van der Waals surface area contributed by atoms with E-state index >= 15 is 0 Å². The Balaban J connectivity index is 2.15. The number of benzene rings is 2. The zero-order chi connectivity index (χ0) is 11.4. The van der Waals surface area contributed by atoms with Crippen LogP contribution in [0.25, 0.3) is 0 Å². The van der Waals surface area contributed by atoms with E-state index in [4.69, 9.17) is 11.6 Å². The summed E-state index contributed by atoms with van der Waals surface area (Å²) in [6, 6.07) is 16.5. The third-order valence-corrected chi connectivity index (χ3v) is 2.89. The van der Waals surface area contributed by atoms with Gasteiger partial charge in [0.05, 0.1) is 5.38 Å². The molecule has 0 aromatic heterocycles. The van der Waals surface area contributed by atoms with Crippen molar-refractivity contribution >= 4 is 11.6 Å². The van der Waals surface area contributed by atoms with Gasteiger partial charge < -0.3 is 0 Å². The van der Waals surface area contributed by atoms with Gasteiger partial charge in [-0.1, -0.05) is 48.5 Å². The Bertz CT molecular complexity index is 453. The van der Waals surface area contributed by atoms with E-state index in [2.05, 4.69) is 0 Å². The van der Waals surface area contributed by atoms with Gasteiger partial charge in [0, 0.05) is 5.56 Å². The van der Waals surface area contributed by atoms with Crippen LogP contribution in [0, 0.1) is 5.82 Å². The van der Waals surface area contributed by atoms with Crippen molar-refractivity contribution in [2.75, 3.05) is 0 Å². The lowest BCUT2D eigenvalue weighted by atomic mass is 10.0. The summed E-state index contributed by atoms with van der Waals surface area (Å²) in [6.07, 6.45) is 0.642. The number of hydrogen-bond acceptors (Lipinski definition) is 0. The molecule has 0 saturated heterocycles. The summed E-state index contributed by atoms with van der Waals surface area (Å²) >= 11 is 6.21. The maximum absolute atomic E-state index is 13.5. The molecule has 0 saturated carbocycles. The fourth-order valence-electron chi connectivity index (χ4n) is 1.66. The first-order valence-corrected chi connectivity index (χ1v) is 5.63. The minimum absolute atomic E-state index is 0.238. The Morgan fingerprint density at radius 3 is 2.25 bits per heavy atom. The van der Waals surface area contributed by atoms with E-state index in [1.165, 1.54) is 6.07 Å². The van der Waals surface area contributed by atoms with Gasteiger partial charge in [-0.15, -0.1) is 11.6 Å². The molecular weight excluding hydrogens is 223 g/mol. The molecule has 0 amide bonds. The predicted octanol–water partition coefficient (Wildman–Crippen LogP) is 4.35. The van der Waals surface area contributed by atoms with E-state index in [0.717, 1.165) is 5.56 Å². The molecule has 0 fully saturated rings. The molecule has 0 bridgehead atoms. The second-order valence-electron chi connectivity index (χ2n) is 3.68. The van der Waals surface area contributed by atoms with Gasteiger partial charge in [-0.2, -0.15) is 0 Å². The Morgan fingerprint density at radius 1 is 0.938 bits per heavy atom. The third-order valence-electron chi connectivity index (χ3n) is 2.50. The van der Waals surface area contributed by atoms with Crippen LogP contribution < -0.4 is 0 Å². The van der Waals surface area contributed by atoms with Crippen LogP contribution in [0.5, 0.6) is 0 Å². The first kappa shape index (κ1) is 11.2. The van der Waals surface area contributed by atoms with Crippen molar-refractivity contribution in [3.8, 4) is 0 Å². The van der Waals surface area contributed by atoms with Crippen LogP contribution in [0.3, 0.4) is 0 Å². The van der Waals surface area contributed by atoms with Crippen LogP contribution in [0.4, 0.5) is 4.39 Å². The highest BCUT2D eigenvalue weighted by Gasteiger charge is 2.12. The highest BCUT2D eigenvalue weighted by atomic mass is 35.5. The molecule has 0 nitrogen and oxygen atoms in total. The standard InChI is InChI=1S/C14H12ClF/c15-13(10-11-6-2-1-3-7-11)12-8-4-5-9-14(12)16/h1-9,13H,10H2. The maximum atomic E-state index is 13.5. The summed E-state index contributed by atoms with van der Waals surface area (Å²) in [4.78, 5) is 0. The largest absolute Gasteiger partial charge is 0.207 e. The van der Waals surface area contributed by atoms with Gasteiger partial charge in [0.25, 0.3) is 0 Å². The first-order chi connectivity index (χ1) is 7.77. The molecule has 0 aliphatic carbocycles. The molecule has 2 aromatic carbocycles. The van der Waals surface area contributed by atoms with Crippen LogP contribution in [-0.2, 0) is 6.42 Å². The number of hydrogen-bond donors (Lipinski definition) is 0. The number of rotatable bonds is 3. The predicted molar refractivity (Wildman–Crippen MR) is 65.1 cm³/mol. The minimum atomic E-state index is -0.316. The van der Waals surface area contributed by atoms with E-state index in [9.17, 15) is 4.39 Å². The van der Waals surface area contributed by atoms with Gasteiger partial charge >= 0.3 is 0 Å². The Labute approximate surface area is 99.7 Å². The average Bonchev–Trinajstić information content (AvgIpc) is 2.31.